The van der Waals surface area contributed by atoms with E-state index in [4.69, 9.17) is 14.9 Å². The van der Waals surface area contributed by atoms with E-state index in [2.05, 4.69) is 58.6 Å². The van der Waals surface area contributed by atoms with Crippen molar-refractivity contribution in [3.63, 3.8) is 0 Å². The summed E-state index contributed by atoms with van der Waals surface area (Å²) >= 11 is 1.51. The summed E-state index contributed by atoms with van der Waals surface area (Å²) in [7, 11) is -4.10. The Morgan fingerprint density at radius 2 is 1.52 bits per heavy atom. The molecular formula is C13H28KN6O5PS. The van der Waals surface area contributed by atoms with Crippen LogP contribution in [0.2, 0.25) is 0 Å². The predicted octanol–water partition coefficient (Wildman–Crippen LogP) is 0.381. The normalized spacial score (nSPS) is 10.7. The number of hydrogen-bond donors (Lipinski definition) is 6. The van der Waals surface area contributed by atoms with Crippen LogP contribution in [0.1, 0.15) is 27.7 Å². The fraction of sp³-hybridized carbons (Fsp3) is 0.692. The second-order valence-corrected chi connectivity index (χ2v) is 8.13. The minimum absolute atomic E-state index is 0. The van der Waals surface area contributed by atoms with Gasteiger partial charge in [-0.25, -0.2) is 0 Å². The molecule has 14 heteroatoms. The minimum atomic E-state index is -4.10. The third-order valence-electron chi connectivity index (χ3n) is 2.23. The zero-order valence-corrected chi connectivity index (χ0v) is 17.1. The van der Waals surface area contributed by atoms with Crippen LogP contribution in [0.25, 0.3) is 0 Å². The van der Waals surface area contributed by atoms with Crippen molar-refractivity contribution in [2.45, 2.75) is 44.9 Å². The van der Waals surface area contributed by atoms with Crippen LogP contribution in [0.4, 0.5) is 11.9 Å². The second kappa shape index (κ2) is 15.1. The monoisotopic (exact) mass is 450 g/mol. The third-order valence-corrected chi connectivity index (χ3v) is 3.41. The van der Waals surface area contributed by atoms with Crippen molar-refractivity contribution in [3.8, 4) is 0 Å². The van der Waals surface area contributed by atoms with E-state index in [1.54, 1.807) is 0 Å². The quantitative estimate of drug-likeness (QED) is 0.174. The maximum atomic E-state index is 10.1. The van der Waals surface area contributed by atoms with Crippen LogP contribution in [-0.4, -0.2) is 118 Å². The molecule has 6 N–H and O–H groups in total. The molecule has 0 aliphatic rings. The first-order chi connectivity index (χ1) is 11.9. The molecule has 0 amide bonds. The Labute approximate surface area is 205 Å². The van der Waals surface area contributed by atoms with Crippen molar-refractivity contribution in [1.29, 1.82) is 0 Å². The number of carbonyl (C=O) groups is 1. The molecule has 0 unspecified atom stereocenters. The number of hydrogen-bond acceptors (Lipinski definition) is 9. The van der Waals surface area contributed by atoms with Gasteiger partial charge in [0.2, 0.25) is 11.9 Å². The van der Waals surface area contributed by atoms with Gasteiger partial charge in [-0.1, -0.05) is 11.8 Å². The van der Waals surface area contributed by atoms with Crippen molar-refractivity contribution in [1.82, 2.24) is 20.3 Å². The fourth-order valence-electron chi connectivity index (χ4n) is 1.40. The molecule has 27 heavy (non-hydrogen) atoms. The Morgan fingerprint density at radius 3 is 1.81 bits per heavy atom. The van der Waals surface area contributed by atoms with E-state index < -0.39 is 26.4 Å². The summed E-state index contributed by atoms with van der Waals surface area (Å²) in [4.78, 5) is 39.0. The summed E-state index contributed by atoms with van der Waals surface area (Å²) in [5.74, 6) is 0.100. The molecule has 0 saturated carbocycles. The van der Waals surface area contributed by atoms with Gasteiger partial charge < -0.3 is 25.5 Å². The summed E-state index contributed by atoms with van der Waals surface area (Å²) in [5.41, 5.74) is 0. The molecule has 0 aliphatic carbocycles. The third kappa shape index (κ3) is 18.0. The van der Waals surface area contributed by atoms with Gasteiger partial charge in [-0.3, -0.25) is 14.7 Å². The average molecular weight is 451 g/mol. The summed E-state index contributed by atoms with van der Waals surface area (Å²) in [6.45, 7) is 7.78. The van der Waals surface area contributed by atoms with Crippen LogP contribution < -0.4 is 16.0 Å². The van der Waals surface area contributed by atoms with Gasteiger partial charge in [-0.2, -0.15) is 15.0 Å². The average Bonchev–Trinajstić information content (AvgIpc) is 2.44. The summed E-state index contributed by atoms with van der Waals surface area (Å²) in [6.07, 6.45) is 1.35. The summed E-state index contributed by atoms with van der Waals surface area (Å²) in [6, 6.07) is 0.619. The van der Waals surface area contributed by atoms with E-state index in [0.717, 1.165) is 5.16 Å². The Morgan fingerprint density at radius 1 is 1.07 bits per heavy atom. The molecule has 0 atom stereocenters. The van der Waals surface area contributed by atoms with Crippen LogP contribution in [0.15, 0.2) is 5.16 Å². The van der Waals surface area contributed by atoms with Gasteiger partial charge in [0.05, 0.1) is 12.8 Å². The Bertz CT molecular complexity index is 591. The molecule has 1 rings (SSSR count). The number of thioether (sulfide) groups is 1. The van der Waals surface area contributed by atoms with E-state index in [9.17, 15) is 9.36 Å². The van der Waals surface area contributed by atoms with Crippen molar-refractivity contribution in [2.24, 2.45) is 0 Å². The Hall–Kier alpha value is 0.176. The van der Waals surface area contributed by atoms with Crippen molar-refractivity contribution < 1.29 is 24.3 Å². The van der Waals surface area contributed by atoms with Gasteiger partial charge in [0.25, 0.3) is 0 Å². The maximum absolute atomic E-state index is 10.1. The van der Waals surface area contributed by atoms with Crippen molar-refractivity contribution in [3.05, 3.63) is 0 Å². The van der Waals surface area contributed by atoms with Crippen LogP contribution in [0, 0.1) is 0 Å². The fourth-order valence-corrected chi connectivity index (χ4v) is 2.16. The standard InChI is InChI=1S/C10H19N5S.C3H8NO5P.K.H/c1-6(2)11-8-13-9(12-7(3)4)15-10(14-8)16-5;5-3(6)1-4-2-10(7,8)9;;/h6-7H,1-5H3,(H2,11,12,13,14,15);4H,1-2H2,(H,5,6)(H2,7,8,9);;. The van der Waals surface area contributed by atoms with E-state index in [1.807, 2.05) is 6.26 Å². The van der Waals surface area contributed by atoms with Gasteiger partial charge in [0.1, 0.15) is 0 Å². The molecule has 0 saturated heterocycles. The molecule has 0 aromatic carbocycles. The zero-order valence-electron chi connectivity index (χ0n) is 15.4. The molecule has 0 bridgehead atoms. The van der Waals surface area contributed by atoms with E-state index >= 15 is 0 Å². The van der Waals surface area contributed by atoms with Crippen LogP contribution in [0.3, 0.4) is 0 Å². The van der Waals surface area contributed by atoms with Gasteiger partial charge in [0, 0.05) is 12.1 Å². The van der Waals surface area contributed by atoms with Gasteiger partial charge >= 0.3 is 64.9 Å². The number of carboxylic acids is 1. The predicted molar refractivity (Wildman–Crippen MR) is 109 cm³/mol. The van der Waals surface area contributed by atoms with Gasteiger partial charge in [-0.15, -0.1) is 0 Å². The molecule has 0 fully saturated rings. The van der Waals surface area contributed by atoms with Crippen molar-refractivity contribution >= 4 is 88.6 Å². The Balaban J connectivity index is 0. The van der Waals surface area contributed by atoms with Crippen LogP contribution >= 0.6 is 19.4 Å². The number of nitrogens with one attached hydrogen (secondary N) is 3. The molecule has 1 aromatic heterocycles. The molecule has 1 aromatic rings. The first-order valence-corrected chi connectivity index (χ1v) is 10.8. The summed E-state index contributed by atoms with van der Waals surface area (Å²) < 4.78 is 10.1. The summed E-state index contributed by atoms with van der Waals surface area (Å²) in [5, 5.41) is 17.1. The molecule has 0 spiro atoms. The second-order valence-electron chi connectivity index (χ2n) is 5.71. The molecule has 1 heterocycles. The first kappa shape index (κ1) is 29.4. The molecule has 11 nitrogen and oxygen atoms in total. The number of carboxylic acid groups (broad SMARTS) is 1. The zero-order chi connectivity index (χ0) is 20.3. The number of aromatic nitrogens is 3. The molecule has 0 radical (unpaired) electrons. The first-order valence-electron chi connectivity index (χ1n) is 7.73. The molecule has 152 valence electrons. The van der Waals surface area contributed by atoms with Crippen molar-refractivity contribution in [2.75, 3.05) is 29.7 Å². The Kier molecular flexibility index (Phi) is 16.4. The SMILES string of the molecule is CSc1nc(NC(C)C)nc(NC(C)C)n1.O=C(O)CNCP(=O)(O)O.[KH]. The number of anilines is 2. The number of rotatable bonds is 9. The van der Waals surface area contributed by atoms with E-state index in [-0.39, 0.29) is 51.4 Å². The topological polar surface area (TPSA) is 170 Å². The van der Waals surface area contributed by atoms with Crippen LogP contribution in [0.5, 0.6) is 0 Å². The molecule has 0 aliphatic heterocycles. The van der Waals surface area contributed by atoms with Gasteiger partial charge in [-0.05, 0) is 34.0 Å². The molecular weight excluding hydrogens is 422 g/mol. The number of nitrogens with zero attached hydrogens (tertiary/aromatic N) is 3. The number of aliphatic carboxylic acids is 1. The van der Waals surface area contributed by atoms with E-state index in [0.29, 0.717) is 24.0 Å². The van der Waals surface area contributed by atoms with E-state index in [1.165, 1.54) is 11.8 Å². The van der Waals surface area contributed by atoms with Gasteiger partial charge in [0.15, 0.2) is 5.16 Å². The van der Waals surface area contributed by atoms with Crippen LogP contribution in [-0.2, 0) is 9.36 Å².